The van der Waals surface area contributed by atoms with E-state index in [4.69, 9.17) is 4.98 Å². The Morgan fingerprint density at radius 3 is 1.70 bits per heavy atom. The molecule has 0 N–H and O–H groups in total. The quantitative estimate of drug-likeness (QED) is 0.162. The Bertz CT molecular complexity index is 2290. The van der Waals surface area contributed by atoms with E-state index in [-0.39, 0.29) is 0 Å². The van der Waals surface area contributed by atoms with Gasteiger partial charge in [0.15, 0.2) is 0 Å². The Kier molecular flexibility index (Phi) is 5.84. The van der Waals surface area contributed by atoms with Crippen molar-refractivity contribution in [2.45, 2.75) is 0 Å². The lowest BCUT2D eigenvalue weighted by Gasteiger charge is -2.28. The zero-order chi connectivity index (χ0) is 28.8. The number of aromatic nitrogens is 1. The lowest BCUT2D eigenvalue weighted by atomic mass is 9.86. The van der Waals surface area contributed by atoms with Crippen molar-refractivity contribution in [2.24, 2.45) is 0 Å². The molecule has 3 heteroatoms. The third-order valence-electron chi connectivity index (χ3n) is 8.28. The minimum absolute atomic E-state index is 0.532. The van der Waals surface area contributed by atoms with Gasteiger partial charge in [-0.3, -0.25) is 4.90 Å². The summed E-state index contributed by atoms with van der Waals surface area (Å²) in [4.78, 5) is 6.99. The molecule has 0 saturated heterocycles. The number of hydrogen-bond acceptors (Lipinski definition) is 3. The number of fused-ring (bicyclic) bond motifs is 5. The third-order valence-corrected chi connectivity index (χ3v) is 8.28. The zero-order valence-corrected chi connectivity index (χ0v) is 23.3. The Labute approximate surface area is 249 Å². The molecule has 0 aliphatic carbocycles. The Hall–Kier alpha value is -5.98. The molecule has 3 nitrogen and oxygen atoms in total. The average Bonchev–Trinajstić information content (AvgIpc) is 3.09. The van der Waals surface area contributed by atoms with Crippen LogP contribution in [0, 0.1) is 11.3 Å². The van der Waals surface area contributed by atoms with E-state index >= 15 is 0 Å². The first kappa shape index (κ1) is 24.8. The summed E-state index contributed by atoms with van der Waals surface area (Å²) in [6.45, 7) is 0. The van der Waals surface area contributed by atoms with Gasteiger partial charge in [-0.15, -0.1) is 0 Å². The van der Waals surface area contributed by atoms with Crippen molar-refractivity contribution >= 4 is 60.3 Å². The van der Waals surface area contributed by atoms with Gasteiger partial charge in [-0.2, -0.15) is 5.26 Å². The number of hydrogen-bond donors (Lipinski definition) is 0. The summed E-state index contributed by atoms with van der Waals surface area (Å²) in [7, 11) is 0. The summed E-state index contributed by atoms with van der Waals surface area (Å²) < 4.78 is 0. The number of anilines is 3. The van der Waals surface area contributed by atoms with Crippen LogP contribution < -0.4 is 4.90 Å². The number of benzene rings is 7. The fourth-order valence-corrected chi connectivity index (χ4v) is 6.44. The van der Waals surface area contributed by atoms with Crippen molar-refractivity contribution < 1.29 is 0 Å². The lowest BCUT2D eigenvalue weighted by Crippen LogP contribution is -2.13. The molecule has 1 heterocycles. The molecule has 200 valence electrons. The standard InChI is InChI=1S/C40H25N3/c41-25-27-22-23-38(42-26-27)43(29-13-2-1-3-14-29)40-35-20-10-8-18-33(35)39(34-19-9-11-21-36(34)40)37-24-28-12-4-5-15-30(28)31-16-6-7-17-32(31)37/h1-24,26H. The van der Waals surface area contributed by atoms with Gasteiger partial charge in [-0.05, 0) is 73.8 Å². The largest absolute Gasteiger partial charge is 0.294 e. The minimum Gasteiger partial charge on any atom is -0.294 e. The average molecular weight is 548 g/mol. The monoisotopic (exact) mass is 547 g/mol. The Balaban J connectivity index is 1.53. The van der Waals surface area contributed by atoms with Crippen LogP contribution in [-0.2, 0) is 0 Å². The van der Waals surface area contributed by atoms with E-state index < -0.39 is 0 Å². The predicted octanol–water partition coefficient (Wildman–Crippen LogP) is 10.7. The van der Waals surface area contributed by atoms with Crippen LogP contribution in [-0.4, -0.2) is 4.98 Å². The smallest absolute Gasteiger partial charge is 0.137 e. The van der Waals surface area contributed by atoms with E-state index in [2.05, 4.69) is 126 Å². The number of rotatable bonds is 4. The topological polar surface area (TPSA) is 39.9 Å². The Morgan fingerprint density at radius 1 is 0.512 bits per heavy atom. The van der Waals surface area contributed by atoms with Crippen LogP contribution >= 0.6 is 0 Å². The summed E-state index contributed by atoms with van der Waals surface area (Å²) in [6, 6.07) is 53.4. The second kappa shape index (κ2) is 10.1. The van der Waals surface area contributed by atoms with Gasteiger partial charge >= 0.3 is 0 Å². The fraction of sp³-hybridized carbons (Fsp3) is 0. The molecule has 8 rings (SSSR count). The van der Waals surface area contributed by atoms with Crippen molar-refractivity contribution in [2.75, 3.05) is 4.90 Å². The van der Waals surface area contributed by atoms with Crippen LogP contribution in [0.1, 0.15) is 5.56 Å². The molecule has 8 aromatic rings. The van der Waals surface area contributed by atoms with Crippen LogP contribution in [0.3, 0.4) is 0 Å². The molecule has 0 radical (unpaired) electrons. The Morgan fingerprint density at radius 2 is 1.07 bits per heavy atom. The summed E-state index contributed by atoms with van der Waals surface area (Å²) in [5.74, 6) is 0.754. The maximum atomic E-state index is 9.46. The van der Waals surface area contributed by atoms with Gasteiger partial charge in [-0.1, -0.05) is 115 Å². The first-order valence-corrected chi connectivity index (χ1v) is 14.4. The van der Waals surface area contributed by atoms with Crippen LogP contribution in [0.5, 0.6) is 0 Å². The van der Waals surface area contributed by atoms with E-state index in [1.165, 1.54) is 43.4 Å². The molecule has 0 atom stereocenters. The molecule has 0 unspecified atom stereocenters. The van der Waals surface area contributed by atoms with Gasteiger partial charge < -0.3 is 0 Å². The minimum atomic E-state index is 0.532. The highest BCUT2D eigenvalue weighted by atomic mass is 15.2. The third kappa shape index (κ3) is 4.01. The molecule has 0 fully saturated rings. The van der Waals surface area contributed by atoms with Crippen molar-refractivity contribution in [1.29, 1.82) is 5.26 Å². The molecule has 43 heavy (non-hydrogen) atoms. The van der Waals surface area contributed by atoms with E-state index in [9.17, 15) is 5.26 Å². The highest BCUT2D eigenvalue weighted by Gasteiger charge is 2.23. The summed E-state index contributed by atoms with van der Waals surface area (Å²) in [5.41, 5.74) is 5.03. The normalized spacial score (nSPS) is 11.2. The molecule has 0 amide bonds. The van der Waals surface area contributed by atoms with Gasteiger partial charge in [0, 0.05) is 22.7 Å². The number of nitriles is 1. The molecular weight excluding hydrogens is 522 g/mol. The highest BCUT2D eigenvalue weighted by molar-refractivity contribution is 6.26. The molecule has 0 aliphatic heterocycles. The number of nitrogens with zero attached hydrogens (tertiary/aromatic N) is 3. The van der Waals surface area contributed by atoms with Gasteiger partial charge in [0.05, 0.1) is 11.3 Å². The maximum Gasteiger partial charge on any atom is 0.137 e. The number of pyridine rings is 1. The van der Waals surface area contributed by atoms with Crippen LogP contribution in [0.15, 0.2) is 152 Å². The van der Waals surface area contributed by atoms with Crippen molar-refractivity contribution in [3.8, 4) is 17.2 Å². The summed E-state index contributed by atoms with van der Waals surface area (Å²) in [6.07, 6.45) is 1.64. The molecule has 7 aromatic carbocycles. The summed E-state index contributed by atoms with van der Waals surface area (Å²) in [5, 5.41) is 19.0. The SMILES string of the molecule is N#Cc1ccc(N(c2ccccc2)c2c3ccccc3c(-c3cc4ccccc4c4ccccc34)c3ccccc23)nc1. The van der Waals surface area contributed by atoms with E-state index in [0.29, 0.717) is 5.56 Å². The van der Waals surface area contributed by atoms with Gasteiger partial charge in [-0.25, -0.2) is 4.98 Å². The molecule has 0 aliphatic rings. The first-order valence-electron chi connectivity index (χ1n) is 14.4. The summed E-state index contributed by atoms with van der Waals surface area (Å²) >= 11 is 0. The highest BCUT2D eigenvalue weighted by Crippen LogP contribution is 2.49. The van der Waals surface area contributed by atoms with Gasteiger partial charge in [0.25, 0.3) is 0 Å². The van der Waals surface area contributed by atoms with Crippen LogP contribution in [0.25, 0.3) is 54.2 Å². The van der Waals surface area contributed by atoms with Crippen molar-refractivity contribution in [3.63, 3.8) is 0 Å². The zero-order valence-electron chi connectivity index (χ0n) is 23.3. The maximum absolute atomic E-state index is 9.46. The van der Waals surface area contributed by atoms with Gasteiger partial charge in [0.1, 0.15) is 11.9 Å². The molecule has 1 aromatic heterocycles. The first-order chi connectivity index (χ1) is 21.3. The van der Waals surface area contributed by atoms with Crippen molar-refractivity contribution in [3.05, 3.63) is 157 Å². The van der Waals surface area contributed by atoms with E-state index in [1.54, 1.807) is 6.20 Å². The molecular formula is C40H25N3. The molecule has 0 saturated carbocycles. The number of para-hydroxylation sites is 1. The molecule has 0 bridgehead atoms. The van der Waals surface area contributed by atoms with E-state index in [1.807, 2.05) is 30.3 Å². The van der Waals surface area contributed by atoms with Crippen LogP contribution in [0.2, 0.25) is 0 Å². The molecule has 0 spiro atoms. The fourth-order valence-electron chi connectivity index (χ4n) is 6.44. The van der Waals surface area contributed by atoms with E-state index in [0.717, 1.165) is 28.0 Å². The second-order valence-electron chi connectivity index (χ2n) is 10.7. The predicted molar refractivity (Wildman–Crippen MR) is 179 cm³/mol. The second-order valence-corrected chi connectivity index (χ2v) is 10.7. The lowest BCUT2D eigenvalue weighted by molar-refractivity contribution is 1.18. The van der Waals surface area contributed by atoms with Gasteiger partial charge in [0.2, 0.25) is 0 Å². The van der Waals surface area contributed by atoms with Crippen LogP contribution in [0.4, 0.5) is 17.2 Å². The van der Waals surface area contributed by atoms with Crippen molar-refractivity contribution in [1.82, 2.24) is 4.98 Å².